The topological polar surface area (TPSA) is 41.6 Å². The van der Waals surface area contributed by atoms with Crippen molar-refractivity contribution < 1.29 is 9.53 Å². The van der Waals surface area contributed by atoms with Crippen molar-refractivity contribution in [3.8, 4) is 5.75 Å². The van der Waals surface area contributed by atoms with Gasteiger partial charge in [-0.05, 0) is 56.3 Å². The van der Waals surface area contributed by atoms with Crippen LogP contribution in [0.4, 0.5) is 0 Å². The van der Waals surface area contributed by atoms with E-state index in [1.807, 2.05) is 4.90 Å². The molecule has 1 aliphatic heterocycles. The maximum Gasteiger partial charge on any atom is 0.260 e. The molecule has 0 atom stereocenters. The summed E-state index contributed by atoms with van der Waals surface area (Å²) >= 11 is 11.9. The molecule has 1 amide bonds. The molecular formula is C17H22Cl2N2O2. The smallest absolute Gasteiger partial charge is 0.260 e. The van der Waals surface area contributed by atoms with Gasteiger partial charge in [0.25, 0.3) is 5.91 Å². The summed E-state index contributed by atoms with van der Waals surface area (Å²) in [5, 5.41) is 4.59. The van der Waals surface area contributed by atoms with Crippen LogP contribution >= 0.6 is 23.2 Å². The molecule has 2 fully saturated rings. The van der Waals surface area contributed by atoms with E-state index < -0.39 is 0 Å². The lowest BCUT2D eigenvalue weighted by molar-refractivity contribution is -0.134. The number of piperidine rings is 1. The third-order valence-electron chi connectivity index (χ3n) is 4.48. The van der Waals surface area contributed by atoms with Crippen LogP contribution in [0.25, 0.3) is 0 Å². The van der Waals surface area contributed by atoms with Gasteiger partial charge in [0.15, 0.2) is 6.61 Å². The zero-order valence-corrected chi connectivity index (χ0v) is 14.6. The summed E-state index contributed by atoms with van der Waals surface area (Å²) in [6.07, 6.45) is 4.77. The molecule has 1 aliphatic carbocycles. The van der Waals surface area contributed by atoms with Crippen LogP contribution in [0.1, 0.15) is 25.7 Å². The van der Waals surface area contributed by atoms with Crippen LogP contribution in [0.2, 0.25) is 10.0 Å². The predicted octanol–water partition coefficient (Wildman–Crippen LogP) is 3.36. The van der Waals surface area contributed by atoms with Gasteiger partial charge in [0.05, 0.1) is 5.02 Å². The number of carbonyl (C=O) groups is 1. The van der Waals surface area contributed by atoms with Crippen molar-refractivity contribution in [1.82, 2.24) is 10.2 Å². The Morgan fingerprint density at radius 3 is 2.61 bits per heavy atom. The summed E-state index contributed by atoms with van der Waals surface area (Å²) in [5.74, 6) is 1.40. The van der Waals surface area contributed by atoms with Gasteiger partial charge in [-0.1, -0.05) is 23.2 Å². The molecule has 2 aliphatic rings. The van der Waals surface area contributed by atoms with Crippen molar-refractivity contribution in [2.75, 3.05) is 26.2 Å². The average Bonchev–Trinajstić information content (AvgIpc) is 3.37. The first-order chi connectivity index (χ1) is 11.1. The van der Waals surface area contributed by atoms with Crippen molar-refractivity contribution in [3.63, 3.8) is 0 Å². The Kier molecular flexibility index (Phi) is 5.67. The van der Waals surface area contributed by atoms with E-state index in [-0.39, 0.29) is 12.5 Å². The van der Waals surface area contributed by atoms with E-state index in [4.69, 9.17) is 27.9 Å². The number of halogens is 2. The van der Waals surface area contributed by atoms with Crippen molar-refractivity contribution in [1.29, 1.82) is 0 Å². The van der Waals surface area contributed by atoms with Crippen LogP contribution in [-0.2, 0) is 4.79 Å². The number of hydrogen-bond acceptors (Lipinski definition) is 3. The molecule has 0 radical (unpaired) electrons. The zero-order chi connectivity index (χ0) is 16.2. The van der Waals surface area contributed by atoms with Gasteiger partial charge < -0.3 is 15.0 Å². The Labute approximate surface area is 147 Å². The number of nitrogens with zero attached hydrogens (tertiary/aromatic N) is 1. The molecule has 1 aromatic carbocycles. The van der Waals surface area contributed by atoms with Gasteiger partial charge in [-0.15, -0.1) is 0 Å². The number of benzene rings is 1. The lowest BCUT2D eigenvalue weighted by Gasteiger charge is -2.32. The Morgan fingerprint density at radius 1 is 1.22 bits per heavy atom. The third-order valence-corrected chi connectivity index (χ3v) is 5.02. The zero-order valence-electron chi connectivity index (χ0n) is 13.1. The SMILES string of the molecule is O=C(COc1ccc(Cl)cc1Cl)N1CCC(NCC2CC2)CC1. The molecule has 3 rings (SSSR count). The molecular weight excluding hydrogens is 335 g/mol. The average molecular weight is 357 g/mol. The van der Waals surface area contributed by atoms with Crippen molar-refractivity contribution >= 4 is 29.1 Å². The second-order valence-electron chi connectivity index (χ2n) is 6.37. The maximum absolute atomic E-state index is 12.2. The van der Waals surface area contributed by atoms with Crippen molar-refractivity contribution in [3.05, 3.63) is 28.2 Å². The van der Waals surface area contributed by atoms with E-state index in [0.29, 0.717) is 21.8 Å². The normalized spacial score (nSPS) is 19.0. The summed E-state index contributed by atoms with van der Waals surface area (Å²) in [6, 6.07) is 5.54. The molecule has 1 aromatic rings. The highest BCUT2D eigenvalue weighted by molar-refractivity contribution is 6.35. The maximum atomic E-state index is 12.2. The summed E-state index contributed by atoms with van der Waals surface area (Å²) in [6.45, 7) is 2.73. The quantitative estimate of drug-likeness (QED) is 0.849. The molecule has 126 valence electrons. The first-order valence-corrected chi connectivity index (χ1v) is 8.96. The van der Waals surface area contributed by atoms with Gasteiger partial charge in [-0.25, -0.2) is 0 Å². The summed E-state index contributed by atoms with van der Waals surface area (Å²) < 4.78 is 5.52. The van der Waals surface area contributed by atoms with Crippen molar-refractivity contribution in [2.45, 2.75) is 31.7 Å². The molecule has 0 spiro atoms. The Hall–Kier alpha value is -0.970. The highest BCUT2D eigenvalue weighted by Crippen LogP contribution is 2.28. The van der Waals surface area contributed by atoms with E-state index in [1.165, 1.54) is 12.8 Å². The molecule has 1 saturated carbocycles. The molecule has 23 heavy (non-hydrogen) atoms. The third kappa shape index (κ3) is 5.00. The van der Waals surface area contributed by atoms with Gasteiger partial charge >= 0.3 is 0 Å². The number of carbonyl (C=O) groups excluding carboxylic acids is 1. The van der Waals surface area contributed by atoms with E-state index >= 15 is 0 Å². The van der Waals surface area contributed by atoms with E-state index in [9.17, 15) is 4.79 Å². The monoisotopic (exact) mass is 356 g/mol. The highest BCUT2D eigenvalue weighted by Gasteiger charge is 2.26. The van der Waals surface area contributed by atoms with Gasteiger partial charge in [0.2, 0.25) is 0 Å². The van der Waals surface area contributed by atoms with E-state index in [0.717, 1.165) is 38.4 Å². The molecule has 0 aromatic heterocycles. The number of nitrogens with one attached hydrogen (secondary N) is 1. The number of rotatable bonds is 6. The van der Waals surface area contributed by atoms with Crippen LogP contribution in [0, 0.1) is 5.92 Å². The minimum absolute atomic E-state index is 0.0108. The molecule has 1 saturated heterocycles. The van der Waals surface area contributed by atoms with Gasteiger partial charge in [0.1, 0.15) is 5.75 Å². The van der Waals surface area contributed by atoms with Gasteiger partial charge in [0, 0.05) is 24.2 Å². The highest BCUT2D eigenvalue weighted by atomic mass is 35.5. The van der Waals surface area contributed by atoms with Crippen LogP contribution in [0.5, 0.6) is 5.75 Å². The fraction of sp³-hybridized carbons (Fsp3) is 0.588. The van der Waals surface area contributed by atoms with Crippen LogP contribution < -0.4 is 10.1 Å². The molecule has 4 nitrogen and oxygen atoms in total. The minimum atomic E-state index is 0.0108. The van der Waals surface area contributed by atoms with Crippen LogP contribution in [0.3, 0.4) is 0 Å². The first kappa shape index (κ1) is 16.9. The number of amides is 1. The fourth-order valence-corrected chi connectivity index (χ4v) is 3.27. The molecule has 1 heterocycles. The summed E-state index contributed by atoms with van der Waals surface area (Å²) in [5.41, 5.74) is 0. The Bertz CT molecular complexity index is 556. The van der Waals surface area contributed by atoms with Gasteiger partial charge in [-0.3, -0.25) is 4.79 Å². The number of likely N-dealkylation sites (tertiary alicyclic amines) is 1. The molecule has 1 N–H and O–H groups in total. The number of ether oxygens (including phenoxy) is 1. The molecule has 0 bridgehead atoms. The second-order valence-corrected chi connectivity index (χ2v) is 7.21. The number of hydrogen-bond donors (Lipinski definition) is 1. The Morgan fingerprint density at radius 2 is 1.96 bits per heavy atom. The fourth-order valence-electron chi connectivity index (χ4n) is 2.81. The molecule has 6 heteroatoms. The predicted molar refractivity (Wildman–Crippen MR) is 92.3 cm³/mol. The second kappa shape index (κ2) is 7.73. The largest absolute Gasteiger partial charge is 0.482 e. The lowest BCUT2D eigenvalue weighted by atomic mass is 10.0. The first-order valence-electron chi connectivity index (χ1n) is 8.21. The summed E-state index contributed by atoms with van der Waals surface area (Å²) in [4.78, 5) is 14.1. The lowest BCUT2D eigenvalue weighted by Crippen LogP contribution is -2.46. The van der Waals surface area contributed by atoms with Crippen molar-refractivity contribution in [2.24, 2.45) is 5.92 Å². The summed E-state index contributed by atoms with van der Waals surface area (Å²) in [7, 11) is 0. The minimum Gasteiger partial charge on any atom is -0.482 e. The van der Waals surface area contributed by atoms with E-state index in [1.54, 1.807) is 18.2 Å². The van der Waals surface area contributed by atoms with Crippen LogP contribution in [-0.4, -0.2) is 43.1 Å². The Balaban J connectivity index is 1.40. The van der Waals surface area contributed by atoms with Gasteiger partial charge in [-0.2, -0.15) is 0 Å². The van der Waals surface area contributed by atoms with E-state index in [2.05, 4.69) is 5.32 Å². The van der Waals surface area contributed by atoms with Crippen LogP contribution in [0.15, 0.2) is 18.2 Å². The molecule has 0 unspecified atom stereocenters. The standard InChI is InChI=1S/C17H22Cl2N2O2/c18-13-3-4-16(15(19)9-13)23-11-17(22)21-7-5-14(6-8-21)20-10-12-1-2-12/h3-4,9,12,14,20H,1-2,5-8,10-11H2.